The molecule has 0 aliphatic carbocycles. The number of carbonyl (C=O) groups excluding carboxylic acids is 2. The van der Waals surface area contributed by atoms with Gasteiger partial charge in [-0.05, 0) is 43.9 Å². The van der Waals surface area contributed by atoms with E-state index < -0.39 is 18.1 Å². The van der Waals surface area contributed by atoms with Gasteiger partial charge in [-0.3, -0.25) is 9.59 Å². The number of benzene rings is 1. The van der Waals surface area contributed by atoms with Crippen LogP contribution in [0.1, 0.15) is 36.0 Å². The standard InChI is InChI=1S/C17H20N2O5/c20-15(14-7-3-9-24-14)18-12-5-1-4-11(10-12)16(21)19-8-2-6-13(19)17(22)23/h1,4-5,10,13-14H,2-3,6-9H2,(H,18,20)(H,22,23)/t13-,14?/m1/s1. The molecule has 3 rings (SSSR count). The summed E-state index contributed by atoms with van der Waals surface area (Å²) in [5, 5.41) is 12.0. The van der Waals surface area contributed by atoms with Crippen molar-refractivity contribution in [3.8, 4) is 0 Å². The highest BCUT2D eigenvalue weighted by atomic mass is 16.5. The van der Waals surface area contributed by atoms with E-state index in [1.165, 1.54) is 4.90 Å². The van der Waals surface area contributed by atoms with E-state index in [2.05, 4.69) is 5.32 Å². The van der Waals surface area contributed by atoms with E-state index in [9.17, 15) is 19.5 Å². The van der Waals surface area contributed by atoms with E-state index in [4.69, 9.17) is 4.74 Å². The van der Waals surface area contributed by atoms with E-state index in [0.717, 1.165) is 6.42 Å². The number of anilines is 1. The molecule has 1 aromatic carbocycles. The summed E-state index contributed by atoms with van der Waals surface area (Å²) in [6.07, 6.45) is 2.26. The molecule has 0 aromatic heterocycles. The number of aliphatic carboxylic acids is 1. The van der Waals surface area contributed by atoms with Gasteiger partial charge in [-0.2, -0.15) is 0 Å². The summed E-state index contributed by atoms with van der Waals surface area (Å²) in [6, 6.07) is 5.79. The number of carbonyl (C=O) groups is 3. The molecule has 2 fully saturated rings. The third kappa shape index (κ3) is 3.41. The molecule has 1 unspecified atom stereocenters. The molecular formula is C17H20N2O5. The van der Waals surface area contributed by atoms with Crippen LogP contribution in [0.5, 0.6) is 0 Å². The van der Waals surface area contributed by atoms with Crippen molar-refractivity contribution < 1.29 is 24.2 Å². The first-order valence-corrected chi connectivity index (χ1v) is 8.12. The van der Waals surface area contributed by atoms with E-state index >= 15 is 0 Å². The van der Waals surface area contributed by atoms with Crippen molar-refractivity contribution in [1.82, 2.24) is 4.90 Å². The number of amides is 2. The molecule has 2 aliphatic rings. The predicted octanol–water partition coefficient (Wildman–Crippen LogP) is 1.49. The lowest BCUT2D eigenvalue weighted by atomic mass is 10.1. The van der Waals surface area contributed by atoms with Gasteiger partial charge in [0, 0.05) is 24.4 Å². The number of nitrogens with zero attached hydrogens (tertiary/aromatic N) is 1. The zero-order chi connectivity index (χ0) is 17.1. The van der Waals surface area contributed by atoms with Crippen LogP contribution in [0, 0.1) is 0 Å². The minimum absolute atomic E-state index is 0.221. The molecule has 2 aliphatic heterocycles. The molecule has 2 saturated heterocycles. The topological polar surface area (TPSA) is 95.9 Å². The normalized spacial score (nSPS) is 23.2. The Bertz CT molecular complexity index is 654. The fourth-order valence-corrected chi connectivity index (χ4v) is 3.17. The minimum Gasteiger partial charge on any atom is -0.480 e. The van der Waals surface area contributed by atoms with Gasteiger partial charge in [0.1, 0.15) is 12.1 Å². The summed E-state index contributed by atoms with van der Waals surface area (Å²) in [7, 11) is 0. The van der Waals surface area contributed by atoms with Gasteiger partial charge in [-0.1, -0.05) is 6.07 Å². The van der Waals surface area contributed by atoms with Crippen LogP contribution >= 0.6 is 0 Å². The van der Waals surface area contributed by atoms with Gasteiger partial charge in [0.05, 0.1) is 0 Å². The minimum atomic E-state index is -0.983. The summed E-state index contributed by atoms with van der Waals surface area (Å²) in [4.78, 5) is 37.3. The first-order chi connectivity index (χ1) is 11.6. The first kappa shape index (κ1) is 16.4. The van der Waals surface area contributed by atoms with Crippen LogP contribution in [0.3, 0.4) is 0 Å². The van der Waals surface area contributed by atoms with Crippen molar-refractivity contribution in [2.24, 2.45) is 0 Å². The molecule has 2 atom stereocenters. The fourth-order valence-electron chi connectivity index (χ4n) is 3.17. The average molecular weight is 332 g/mol. The van der Waals surface area contributed by atoms with Gasteiger partial charge in [0.15, 0.2) is 0 Å². The molecule has 0 radical (unpaired) electrons. The third-order valence-electron chi connectivity index (χ3n) is 4.40. The van der Waals surface area contributed by atoms with E-state index in [1.54, 1.807) is 24.3 Å². The maximum Gasteiger partial charge on any atom is 0.326 e. The summed E-state index contributed by atoms with van der Waals surface area (Å²) in [5.41, 5.74) is 0.876. The maximum atomic E-state index is 12.6. The number of nitrogens with one attached hydrogen (secondary N) is 1. The molecule has 0 spiro atoms. The van der Waals surface area contributed by atoms with Gasteiger partial charge in [-0.25, -0.2) is 4.79 Å². The molecule has 1 aromatic rings. The van der Waals surface area contributed by atoms with E-state index in [1.807, 2.05) is 0 Å². The lowest BCUT2D eigenvalue weighted by Gasteiger charge is -2.21. The van der Waals surface area contributed by atoms with Crippen LogP contribution in [0.15, 0.2) is 24.3 Å². The Morgan fingerprint density at radius 1 is 1.21 bits per heavy atom. The van der Waals surface area contributed by atoms with Crippen LogP contribution in [-0.4, -0.2) is 53.1 Å². The predicted molar refractivity (Wildman–Crippen MR) is 85.7 cm³/mol. The van der Waals surface area contributed by atoms with Gasteiger partial charge < -0.3 is 20.1 Å². The largest absolute Gasteiger partial charge is 0.480 e. The van der Waals surface area contributed by atoms with Crippen LogP contribution in [-0.2, 0) is 14.3 Å². The zero-order valence-electron chi connectivity index (χ0n) is 13.2. The second kappa shape index (κ2) is 7.00. The van der Waals surface area contributed by atoms with Crippen molar-refractivity contribution in [3.05, 3.63) is 29.8 Å². The number of likely N-dealkylation sites (tertiary alicyclic amines) is 1. The Balaban J connectivity index is 1.71. The summed E-state index contributed by atoms with van der Waals surface area (Å²) < 4.78 is 5.33. The molecule has 128 valence electrons. The van der Waals surface area contributed by atoms with Gasteiger partial charge in [0.25, 0.3) is 11.8 Å². The average Bonchev–Trinajstić information content (AvgIpc) is 3.25. The Hall–Kier alpha value is -2.41. The number of carboxylic acids is 1. The van der Waals surface area contributed by atoms with Crippen molar-refractivity contribution in [1.29, 1.82) is 0 Å². The Morgan fingerprint density at radius 3 is 2.75 bits per heavy atom. The van der Waals surface area contributed by atoms with Crippen molar-refractivity contribution in [2.45, 2.75) is 37.8 Å². The number of hydrogen-bond acceptors (Lipinski definition) is 4. The van der Waals surface area contributed by atoms with Gasteiger partial charge in [-0.15, -0.1) is 0 Å². The maximum absolute atomic E-state index is 12.6. The molecule has 7 heteroatoms. The molecule has 7 nitrogen and oxygen atoms in total. The quantitative estimate of drug-likeness (QED) is 0.871. The summed E-state index contributed by atoms with van der Waals surface area (Å²) >= 11 is 0. The van der Waals surface area contributed by atoms with Crippen LogP contribution in [0.25, 0.3) is 0 Å². The monoisotopic (exact) mass is 332 g/mol. The highest BCUT2D eigenvalue weighted by molar-refractivity contribution is 5.99. The Labute approximate surface area is 139 Å². The molecule has 0 bridgehead atoms. The van der Waals surface area contributed by atoms with Crippen LogP contribution < -0.4 is 5.32 Å². The SMILES string of the molecule is O=C(Nc1cccc(C(=O)N2CCC[C@@H]2C(=O)O)c1)C1CCCO1. The van der Waals surface area contributed by atoms with Crippen LogP contribution in [0.4, 0.5) is 5.69 Å². The molecular weight excluding hydrogens is 312 g/mol. The number of hydrogen-bond donors (Lipinski definition) is 2. The van der Waals surface area contributed by atoms with E-state index in [0.29, 0.717) is 43.7 Å². The van der Waals surface area contributed by atoms with Crippen molar-refractivity contribution in [2.75, 3.05) is 18.5 Å². The molecule has 24 heavy (non-hydrogen) atoms. The van der Waals surface area contributed by atoms with E-state index in [-0.39, 0.29) is 11.8 Å². The molecule has 2 heterocycles. The number of ether oxygens (including phenoxy) is 1. The fraction of sp³-hybridized carbons (Fsp3) is 0.471. The molecule has 2 amide bonds. The highest BCUT2D eigenvalue weighted by Gasteiger charge is 2.34. The van der Waals surface area contributed by atoms with Gasteiger partial charge in [0.2, 0.25) is 0 Å². The summed E-state index contributed by atoms with van der Waals surface area (Å²) in [6.45, 7) is 1.02. The van der Waals surface area contributed by atoms with Crippen LogP contribution in [0.2, 0.25) is 0 Å². The zero-order valence-corrected chi connectivity index (χ0v) is 13.2. The Kier molecular flexibility index (Phi) is 4.80. The third-order valence-corrected chi connectivity index (χ3v) is 4.40. The summed E-state index contributed by atoms with van der Waals surface area (Å²) in [5.74, 6) is -1.53. The smallest absolute Gasteiger partial charge is 0.326 e. The van der Waals surface area contributed by atoms with Gasteiger partial charge >= 0.3 is 5.97 Å². The number of rotatable bonds is 4. The second-order valence-electron chi connectivity index (χ2n) is 6.07. The second-order valence-corrected chi connectivity index (χ2v) is 6.07. The van der Waals surface area contributed by atoms with Crippen molar-refractivity contribution in [3.63, 3.8) is 0 Å². The molecule has 2 N–H and O–H groups in total. The lowest BCUT2D eigenvalue weighted by molar-refractivity contribution is -0.141. The number of carboxylic acid groups (broad SMARTS) is 1. The van der Waals surface area contributed by atoms with Crippen molar-refractivity contribution >= 4 is 23.5 Å². The lowest BCUT2D eigenvalue weighted by Crippen LogP contribution is -2.40. The molecule has 0 saturated carbocycles. The Morgan fingerprint density at radius 2 is 2.04 bits per heavy atom. The first-order valence-electron chi connectivity index (χ1n) is 8.12. The highest BCUT2D eigenvalue weighted by Crippen LogP contribution is 2.22.